The van der Waals surface area contributed by atoms with Gasteiger partial charge in [-0.25, -0.2) is 9.97 Å². The molecule has 3 aromatic heterocycles. The molecule has 3 heterocycles. The molecule has 0 aliphatic heterocycles. The van der Waals surface area contributed by atoms with Crippen molar-refractivity contribution in [2.24, 2.45) is 0 Å². The van der Waals surface area contributed by atoms with E-state index in [-0.39, 0.29) is 0 Å². The first-order valence-corrected chi connectivity index (χ1v) is 9.28. The van der Waals surface area contributed by atoms with Gasteiger partial charge < -0.3 is 9.88 Å². The summed E-state index contributed by atoms with van der Waals surface area (Å²) in [5.74, 6) is 0.491. The van der Waals surface area contributed by atoms with Gasteiger partial charge in [0.25, 0.3) is 0 Å². The molecule has 0 saturated heterocycles. The summed E-state index contributed by atoms with van der Waals surface area (Å²) in [6, 6.07) is 9.55. The lowest BCUT2D eigenvalue weighted by Crippen LogP contribution is -1.98. The van der Waals surface area contributed by atoms with Crippen molar-refractivity contribution >= 4 is 45.7 Å². The van der Waals surface area contributed by atoms with E-state index in [1.165, 1.54) is 0 Å². The Labute approximate surface area is 167 Å². The third-order valence-corrected chi connectivity index (χ3v) is 5.04. The van der Waals surface area contributed by atoms with Crippen LogP contribution in [0.25, 0.3) is 22.2 Å². The van der Waals surface area contributed by atoms with Gasteiger partial charge in [0.2, 0.25) is 5.95 Å². The SMILES string of the molecule is CC(C)n1cc(-c2ccnc(Nc3ccc(Cl)c(Cl)c3)n2)c2ccncc21. The van der Waals surface area contributed by atoms with Crippen molar-refractivity contribution in [3.8, 4) is 11.3 Å². The number of nitrogens with zero attached hydrogens (tertiary/aromatic N) is 4. The Morgan fingerprint density at radius 3 is 2.67 bits per heavy atom. The van der Waals surface area contributed by atoms with Crippen LogP contribution in [0, 0.1) is 0 Å². The number of fused-ring (bicyclic) bond motifs is 1. The van der Waals surface area contributed by atoms with E-state index >= 15 is 0 Å². The van der Waals surface area contributed by atoms with Gasteiger partial charge in [-0.1, -0.05) is 23.2 Å². The Balaban J connectivity index is 1.75. The van der Waals surface area contributed by atoms with Crippen molar-refractivity contribution in [3.63, 3.8) is 0 Å². The van der Waals surface area contributed by atoms with Gasteiger partial charge in [0.05, 0.1) is 27.5 Å². The molecule has 1 N–H and O–H groups in total. The molecule has 0 bridgehead atoms. The topological polar surface area (TPSA) is 55.6 Å². The molecule has 0 atom stereocenters. The molecule has 7 heteroatoms. The Hall–Kier alpha value is -2.63. The van der Waals surface area contributed by atoms with E-state index < -0.39 is 0 Å². The maximum atomic E-state index is 6.08. The molecular weight excluding hydrogens is 381 g/mol. The number of hydrogen-bond donors (Lipinski definition) is 1. The Bertz CT molecular complexity index is 1120. The van der Waals surface area contributed by atoms with E-state index in [0.717, 1.165) is 27.8 Å². The monoisotopic (exact) mass is 397 g/mol. The van der Waals surface area contributed by atoms with Gasteiger partial charge in [0.15, 0.2) is 0 Å². The Morgan fingerprint density at radius 1 is 1.04 bits per heavy atom. The second-order valence-corrected chi connectivity index (χ2v) is 7.27. The maximum absolute atomic E-state index is 6.08. The maximum Gasteiger partial charge on any atom is 0.227 e. The van der Waals surface area contributed by atoms with Crippen LogP contribution in [0.4, 0.5) is 11.6 Å². The highest BCUT2D eigenvalue weighted by molar-refractivity contribution is 6.42. The van der Waals surface area contributed by atoms with Gasteiger partial charge >= 0.3 is 0 Å². The molecule has 0 radical (unpaired) electrons. The fourth-order valence-corrected chi connectivity index (χ4v) is 3.30. The minimum atomic E-state index is 0.320. The molecule has 0 fully saturated rings. The van der Waals surface area contributed by atoms with E-state index in [0.29, 0.717) is 22.0 Å². The highest BCUT2D eigenvalue weighted by Gasteiger charge is 2.14. The number of pyridine rings is 1. The van der Waals surface area contributed by atoms with Crippen LogP contribution in [0.15, 0.2) is 55.1 Å². The molecule has 0 unspecified atom stereocenters. The number of nitrogens with one attached hydrogen (secondary N) is 1. The van der Waals surface area contributed by atoms with Crippen LogP contribution < -0.4 is 5.32 Å². The Kier molecular flexibility index (Phi) is 4.72. The molecule has 0 aliphatic rings. The van der Waals surface area contributed by atoms with Gasteiger partial charge in [-0.15, -0.1) is 0 Å². The van der Waals surface area contributed by atoms with Crippen molar-refractivity contribution in [2.45, 2.75) is 19.9 Å². The summed E-state index contributed by atoms with van der Waals surface area (Å²) >= 11 is 12.1. The molecule has 136 valence electrons. The molecular formula is C20H17Cl2N5. The quantitative estimate of drug-likeness (QED) is 0.450. The highest BCUT2D eigenvalue weighted by Crippen LogP contribution is 2.32. The molecule has 4 rings (SSSR count). The third-order valence-electron chi connectivity index (χ3n) is 4.30. The van der Waals surface area contributed by atoms with Crippen molar-refractivity contribution in [3.05, 3.63) is 65.2 Å². The van der Waals surface area contributed by atoms with Crippen molar-refractivity contribution in [1.82, 2.24) is 19.5 Å². The molecule has 1 aromatic carbocycles. The minimum absolute atomic E-state index is 0.320. The number of hydrogen-bond acceptors (Lipinski definition) is 4. The first-order chi connectivity index (χ1) is 13.0. The summed E-state index contributed by atoms with van der Waals surface area (Å²) in [4.78, 5) is 13.3. The van der Waals surface area contributed by atoms with Crippen molar-refractivity contribution in [1.29, 1.82) is 0 Å². The van der Waals surface area contributed by atoms with E-state index in [4.69, 9.17) is 23.2 Å². The number of rotatable bonds is 4. The second-order valence-electron chi connectivity index (χ2n) is 6.46. The predicted molar refractivity (Wildman–Crippen MR) is 111 cm³/mol. The zero-order chi connectivity index (χ0) is 19.0. The number of halogens is 2. The fourth-order valence-electron chi connectivity index (χ4n) is 3.00. The third kappa shape index (κ3) is 3.48. The normalized spacial score (nSPS) is 11.3. The smallest absolute Gasteiger partial charge is 0.227 e. The predicted octanol–water partition coefficient (Wildman–Crippen LogP) is 6.12. The number of anilines is 2. The first-order valence-electron chi connectivity index (χ1n) is 8.53. The van der Waals surface area contributed by atoms with E-state index in [9.17, 15) is 0 Å². The summed E-state index contributed by atoms with van der Waals surface area (Å²) < 4.78 is 2.20. The van der Waals surface area contributed by atoms with Crippen LogP contribution in [0.1, 0.15) is 19.9 Å². The summed E-state index contributed by atoms with van der Waals surface area (Å²) in [5.41, 5.74) is 3.74. The lowest BCUT2D eigenvalue weighted by molar-refractivity contribution is 0.622. The largest absolute Gasteiger partial charge is 0.343 e. The van der Waals surface area contributed by atoms with Crippen LogP contribution >= 0.6 is 23.2 Å². The first kappa shape index (κ1) is 17.8. The van der Waals surface area contributed by atoms with Crippen LogP contribution in [0.5, 0.6) is 0 Å². The zero-order valence-electron chi connectivity index (χ0n) is 14.8. The fraction of sp³-hybridized carbons (Fsp3) is 0.150. The molecule has 0 amide bonds. The van der Waals surface area contributed by atoms with Gasteiger partial charge in [0.1, 0.15) is 0 Å². The van der Waals surface area contributed by atoms with E-state index in [1.54, 1.807) is 24.5 Å². The molecule has 5 nitrogen and oxygen atoms in total. The van der Waals surface area contributed by atoms with E-state index in [1.807, 2.05) is 24.4 Å². The molecule has 0 spiro atoms. The van der Waals surface area contributed by atoms with Crippen LogP contribution in [-0.2, 0) is 0 Å². The molecule has 0 aliphatic carbocycles. The minimum Gasteiger partial charge on any atom is -0.343 e. The van der Waals surface area contributed by atoms with Gasteiger partial charge in [-0.2, -0.15) is 0 Å². The standard InChI is InChI=1S/C20H17Cl2N5/c1-12(2)27-11-15(14-5-7-23-10-19(14)27)18-6-8-24-20(26-18)25-13-3-4-16(21)17(22)9-13/h3-12H,1-2H3,(H,24,25,26). The molecule has 0 saturated carbocycles. The second kappa shape index (κ2) is 7.18. The highest BCUT2D eigenvalue weighted by atomic mass is 35.5. The molecule has 27 heavy (non-hydrogen) atoms. The lowest BCUT2D eigenvalue weighted by atomic mass is 10.1. The van der Waals surface area contributed by atoms with Crippen LogP contribution in [0.2, 0.25) is 10.0 Å². The van der Waals surface area contributed by atoms with Crippen LogP contribution in [-0.4, -0.2) is 19.5 Å². The van der Waals surface area contributed by atoms with Crippen molar-refractivity contribution < 1.29 is 0 Å². The summed E-state index contributed by atoms with van der Waals surface area (Å²) in [6.07, 6.45) is 7.53. The summed E-state index contributed by atoms with van der Waals surface area (Å²) in [7, 11) is 0. The number of benzene rings is 1. The Morgan fingerprint density at radius 2 is 1.89 bits per heavy atom. The number of aromatic nitrogens is 4. The van der Waals surface area contributed by atoms with Gasteiger partial charge in [-0.05, 0) is 44.2 Å². The summed E-state index contributed by atoms with van der Waals surface area (Å²) in [5, 5.41) is 5.27. The average molecular weight is 398 g/mol. The summed E-state index contributed by atoms with van der Waals surface area (Å²) in [6.45, 7) is 4.29. The van der Waals surface area contributed by atoms with Gasteiger partial charge in [-0.3, -0.25) is 4.98 Å². The van der Waals surface area contributed by atoms with Gasteiger partial charge in [0, 0.05) is 41.3 Å². The van der Waals surface area contributed by atoms with E-state index in [2.05, 4.69) is 44.9 Å². The lowest BCUT2D eigenvalue weighted by Gasteiger charge is -2.08. The van der Waals surface area contributed by atoms with Crippen LogP contribution in [0.3, 0.4) is 0 Å². The van der Waals surface area contributed by atoms with Crippen molar-refractivity contribution in [2.75, 3.05) is 5.32 Å². The average Bonchev–Trinajstić information content (AvgIpc) is 3.05. The molecule has 4 aromatic rings. The zero-order valence-corrected chi connectivity index (χ0v) is 16.3.